The molecule has 1 aromatic carbocycles. The molecule has 0 spiro atoms. The summed E-state index contributed by atoms with van der Waals surface area (Å²) < 4.78 is 5.35. The van der Waals surface area contributed by atoms with Crippen molar-refractivity contribution in [1.82, 2.24) is 15.1 Å². The summed E-state index contributed by atoms with van der Waals surface area (Å²) in [6.45, 7) is 2.31. The molecule has 1 unspecified atom stereocenters. The van der Waals surface area contributed by atoms with Crippen molar-refractivity contribution >= 4 is 11.9 Å². The lowest BCUT2D eigenvalue weighted by molar-refractivity contribution is -0.136. The van der Waals surface area contributed by atoms with E-state index >= 15 is 0 Å². The monoisotopic (exact) mass is 399 g/mol. The fourth-order valence-electron chi connectivity index (χ4n) is 5.14. The molecule has 0 aromatic heterocycles. The summed E-state index contributed by atoms with van der Waals surface area (Å²) in [6.07, 6.45) is 8.18. The van der Waals surface area contributed by atoms with Gasteiger partial charge in [-0.1, -0.05) is 25.0 Å². The number of rotatable bonds is 4. The number of urea groups is 1. The third-order valence-corrected chi connectivity index (χ3v) is 6.83. The number of nitrogens with one attached hydrogen (secondary N) is 1. The normalized spacial score (nSPS) is 23.4. The highest BCUT2D eigenvalue weighted by atomic mass is 16.5. The lowest BCUT2D eigenvalue weighted by atomic mass is 10.0. The van der Waals surface area contributed by atoms with Gasteiger partial charge >= 0.3 is 6.03 Å². The molecule has 1 aliphatic carbocycles. The minimum Gasteiger partial charge on any atom is -0.497 e. The summed E-state index contributed by atoms with van der Waals surface area (Å²) >= 11 is 0. The zero-order valence-electron chi connectivity index (χ0n) is 17.4. The third kappa shape index (κ3) is 4.51. The van der Waals surface area contributed by atoms with E-state index in [2.05, 4.69) is 11.4 Å². The van der Waals surface area contributed by atoms with E-state index in [1.165, 1.54) is 12.8 Å². The minimum absolute atomic E-state index is 0.0240. The summed E-state index contributed by atoms with van der Waals surface area (Å²) in [4.78, 5) is 29.6. The van der Waals surface area contributed by atoms with Crippen molar-refractivity contribution in [1.29, 1.82) is 0 Å². The van der Waals surface area contributed by atoms with Crippen molar-refractivity contribution in [2.45, 2.75) is 63.5 Å². The van der Waals surface area contributed by atoms with Crippen LogP contribution in [-0.4, -0.2) is 54.5 Å². The summed E-state index contributed by atoms with van der Waals surface area (Å²) in [7, 11) is 1.67. The standard InChI is InChI=1S/C23H33N3O3/c1-29-20-9-4-8-18(16-20)21-10-5-13-26(21)23(28)24-19-11-14-25(15-12-19)22(27)17-6-2-3-7-17/h4,8-9,16-17,19,21H,2-3,5-7,10-15H2,1H3,(H,24,28). The largest absolute Gasteiger partial charge is 0.497 e. The maximum atomic E-state index is 13.0. The molecule has 29 heavy (non-hydrogen) atoms. The van der Waals surface area contributed by atoms with Gasteiger partial charge in [-0.05, 0) is 56.2 Å². The van der Waals surface area contributed by atoms with Gasteiger partial charge in [0.25, 0.3) is 0 Å². The zero-order valence-corrected chi connectivity index (χ0v) is 17.4. The van der Waals surface area contributed by atoms with Gasteiger partial charge in [-0.25, -0.2) is 4.79 Å². The first-order valence-corrected chi connectivity index (χ1v) is 11.2. The Hall–Kier alpha value is -2.24. The number of amides is 3. The van der Waals surface area contributed by atoms with E-state index in [4.69, 9.17) is 4.74 Å². The number of piperidine rings is 1. The van der Waals surface area contributed by atoms with E-state index in [1.807, 2.05) is 28.0 Å². The Labute approximate surface area is 173 Å². The average Bonchev–Trinajstić information content (AvgIpc) is 3.46. The van der Waals surface area contributed by atoms with Gasteiger partial charge in [0.1, 0.15) is 5.75 Å². The molecule has 158 valence electrons. The van der Waals surface area contributed by atoms with Gasteiger partial charge < -0.3 is 19.9 Å². The van der Waals surface area contributed by atoms with Gasteiger partial charge in [0.2, 0.25) is 5.91 Å². The molecule has 2 heterocycles. The maximum Gasteiger partial charge on any atom is 0.318 e. The van der Waals surface area contributed by atoms with Crippen LogP contribution in [0.4, 0.5) is 4.79 Å². The average molecular weight is 400 g/mol. The first-order chi connectivity index (χ1) is 14.2. The molecule has 3 amide bonds. The first kappa shape index (κ1) is 20.0. The van der Waals surface area contributed by atoms with E-state index in [0.717, 1.165) is 69.5 Å². The third-order valence-electron chi connectivity index (χ3n) is 6.83. The molecule has 4 rings (SSSR count). The molecule has 0 bridgehead atoms. The molecule has 6 nitrogen and oxygen atoms in total. The van der Waals surface area contributed by atoms with Crippen LogP contribution in [0.3, 0.4) is 0 Å². The van der Waals surface area contributed by atoms with Crippen molar-refractivity contribution in [2.75, 3.05) is 26.7 Å². The molecule has 6 heteroatoms. The molecular weight excluding hydrogens is 366 g/mol. The molecule has 1 aromatic rings. The van der Waals surface area contributed by atoms with Crippen molar-refractivity contribution in [3.05, 3.63) is 29.8 Å². The van der Waals surface area contributed by atoms with E-state index < -0.39 is 0 Å². The van der Waals surface area contributed by atoms with Gasteiger partial charge in [-0.3, -0.25) is 4.79 Å². The number of carbonyl (C=O) groups excluding carboxylic acids is 2. The quantitative estimate of drug-likeness (QED) is 0.839. The highest BCUT2D eigenvalue weighted by Gasteiger charge is 2.33. The molecular formula is C23H33N3O3. The summed E-state index contributed by atoms with van der Waals surface area (Å²) in [5.74, 6) is 1.41. The fraction of sp³-hybridized carbons (Fsp3) is 0.652. The number of ether oxygens (including phenoxy) is 1. The van der Waals surface area contributed by atoms with Gasteiger partial charge in [0, 0.05) is 31.6 Å². The van der Waals surface area contributed by atoms with Crippen LogP contribution in [-0.2, 0) is 4.79 Å². The number of hydrogen-bond acceptors (Lipinski definition) is 3. The van der Waals surface area contributed by atoms with Crippen LogP contribution in [0.15, 0.2) is 24.3 Å². The Bertz CT molecular complexity index is 724. The Morgan fingerprint density at radius 2 is 1.76 bits per heavy atom. The smallest absolute Gasteiger partial charge is 0.318 e. The van der Waals surface area contributed by atoms with Crippen LogP contribution in [0.2, 0.25) is 0 Å². The molecule has 2 saturated heterocycles. The number of carbonyl (C=O) groups is 2. The predicted molar refractivity (Wildman–Crippen MR) is 112 cm³/mol. The second-order valence-corrected chi connectivity index (χ2v) is 8.66. The Morgan fingerprint density at radius 3 is 2.48 bits per heavy atom. The molecule has 1 saturated carbocycles. The number of nitrogens with zero attached hydrogens (tertiary/aromatic N) is 2. The number of likely N-dealkylation sites (tertiary alicyclic amines) is 2. The van der Waals surface area contributed by atoms with Crippen molar-refractivity contribution in [3.63, 3.8) is 0 Å². The van der Waals surface area contributed by atoms with E-state index in [9.17, 15) is 9.59 Å². The van der Waals surface area contributed by atoms with Gasteiger partial charge in [0.15, 0.2) is 0 Å². The van der Waals surface area contributed by atoms with Crippen molar-refractivity contribution in [3.8, 4) is 5.75 Å². The summed E-state index contributed by atoms with van der Waals surface area (Å²) in [6, 6.07) is 8.31. The van der Waals surface area contributed by atoms with Gasteiger partial charge in [0.05, 0.1) is 13.2 Å². The van der Waals surface area contributed by atoms with Crippen LogP contribution >= 0.6 is 0 Å². The zero-order chi connectivity index (χ0) is 20.2. The molecule has 3 aliphatic rings. The Morgan fingerprint density at radius 1 is 1.00 bits per heavy atom. The molecule has 2 aliphatic heterocycles. The molecule has 3 fully saturated rings. The van der Waals surface area contributed by atoms with E-state index in [1.54, 1.807) is 7.11 Å². The Balaban J connectivity index is 1.30. The second-order valence-electron chi connectivity index (χ2n) is 8.66. The maximum absolute atomic E-state index is 13.0. The van der Waals surface area contributed by atoms with Crippen LogP contribution in [0.5, 0.6) is 5.75 Å². The molecule has 0 radical (unpaired) electrons. The molecule has 1 atom stereocenters. The van der Waals surface area contributed by atoms with E-state index in [-0.39, 0.29) is 24.0 Å². The van der Waals surface area contributed by atoms with Gasteiger partial charge in [-0.15, -0.1) is 0 Å². The SMILES string of the molecule is COc1cccc(C2CCCN2C(=O)NC2CCN(C(=O)C3CCCC3)CC2)c1. The predicted octanol–water partition coefficient (Wildman–Crippen LogP) is 3.72. The topological polar surface area (TPSA) is 61.9 Å². The van der Waals surface area contributed by atoms with Crippen molar-refractivity contribution in [2.24, 2.45) is 5.92 Å². The Kier molecular flexibility index (Phi) is 6.26. The molecule has 1 N–H and O–H groups in total. The van der Waals surface area contributed by atoms with E-state index in [0.29, 0.717) is 5.91 Å². The second kappa shape index (κ2) is 9.06. The fourth-order valence-corrected chi connectivity index (χ4v) is 5.14. The van der Waals surface area contributed by atoms with Crippen LogP contribution < -0.4 is 10.1 Å². The number of benzene rings is 1. The first-order valence-electron chi connectivity index (χ1n) is 11.2. The number of hydrogen-bond donors (Lipinski definition) is 1. The highest BCUT2D eigenvalue weighted by molar-refractivity contribution is 5.79. The minimum atomic E-state index is 0.0240. The highest BCUT2D eigenvalue weighted by Crippen LogP contribution is 2.33. The lowest BCUT2D eigenvalue weighted by Crippen LogP contribution is -2.50. The van der Waals surface area contributed by atoms with Gasteiger partial charge in [-0.2, -0.15) is 0 Å². The van der Waals surface area contributed by atoms with Crippen molar-refractivity contribution < 1.29 is 14.3 Å². The lowest BCUT2D eigenvalue weighted by Gasteiger charge is -2.35. The van der Waals surface area contributed by atoms with Crippen LogP contribution in [0, 0.1) is 5.92 Å². The summed E-state index contributed by atoms with van der Waals surface area (Å²) in [5, 5.41) is 3.24. The summed E-state index contributed by atoms with van der Waals surface area (Å²) in [5.41, 5.74) is 1.13. The van der Waals surface area contributed by atoms with Crippen LogP contribution in [0.25, 0.3) is 0 Å². The number of methoxy groups -OCH3 is 1. The van der Waals surface area contributed by atoms with Crippen LogP contribution in [0.1, 0.15) is 63.0 Å².